The van der Waals surface area contributed by atoms with Crippen molar-refractivity contribution < 1.29 is 29.1 Å². The lowest BCUT2D eigenvalue weighted by Crippen LogP contribution is -2.33. The highest BCUT2D eigenvalue weighted by Crippen LogP contribution is 2.14. The second-order valence-electron chi connectivity index (χ2n) is 3.41. The van der Waals surface area contributed by atoms with Gasteiger partial charge >= 0.3 is 19.3 Å². The van der Waals surface area contributed by atoms with E-state index in [9.17, 15) is 9.59 Å². The van der Waals surface area contributed by atoms with E-state index in [-0.39, 0.29) is 11.2 Å². The Kier molecular flexibility index (Phi) is 5.16. The minimum atomic E-state index is -1.78. The zero-order valence-corrected chi connectivity index (χ0v) is 10.3. The zero-order chi connectivity index (χ0) is 14.4. The van der Waals surface area contributed by atoms with Gasteiger partial charge in [0.05, 0.1) is 14.2 Å². The first-order chi connectivity index (χ1) is 8.97. The summed E-state index contributed by atoms with van der Waals surface area (Å²) in [7, 11) is 0.592. The molecule has 2 amide bonds. The highest BCUT2D eigenvalue weighted by molar-refractivity contribution is 6.60. The molecule has 0 saturated carbocycles. The number of amides is 2. The molecule has 19 heavy (non-hydrogen) atoms. The van der Waals surface area contributed by atoms with E-state index < -0.39 is 19.3 Å². The van der Waals surface area contributed by atoms with E-state index in [2.05, 4.69) is 20.1 Å². The van der Waals surface area contributed by atoms with Crippen LogP contribution in [0.1, 0.15) is 0 Å². The van der Waals surface area contributed by atoms with Gasteiger partial charge in [0, 0.05) is 16.8 Å². The SMILES string of the molecule is COC(=O)Nc1ccc(B(O)O)c(NC(=O)OC)c1. The Hall–Kier alpha value is -2.26. The Labute approximate surface area is 109 Å². The summed E-state index contributed by atoms with van der Waals surface area (Å²) >= 11 is 0. The topological polar surface area (TPSA) is 117 Å². The summed E-state index contributed by atoms with van der Waals surface area (Å²) in [5, 5.41) is 23.0. The van der Waals surface area contributed by atoms with Gasteiger partial charge in [-0.05, 0) is 12.1 Å². The molecule has 0 unspecified atom stereocenters. The van der Waals surface area contributed by atoms with Gasteiger partial charge in [-0.2, -0.15) is 0 Å². The van der Waals surface area contributed by atoms with Gasteiger partial charge in [0.1, 0.15) is 0 Å². The molecule has 9 heteroatoms. The lowest BCUT2D eigenvalue weighted by molar-refractivity contribution is 0.186. The van der Waals surface area contributed by atoms with Crippen LogP contribution < -0.4 is 16.1 Å². The largest absolute Gasteiger partial charge is 0.490 e. The van der Waals surface area contributed by atoms with Gasteiger partial charge in [0.15, 0.2) is 0 Å². The molecule has 0 radical (unpaired) electrons. The van der Waals surface area contributed by atoms with Crippen LogP contribution in [-0.4, -0.2) is 43.6 Å². The summed E-state index contributed by atoms with van der Waals surface area (Å²) in [4.78, 5) is 22.2. The van der Waals surface area contributed by atoms with Gasteiger partial charge in [-0.1, -0.05) is 6.07 Å². The first-order valence-electron chi connectivity index (χ1n) is 5.18. The number of nitrogens with one attached hydrogen (secondary N) is 2. The number of hydrogen-bond donors (Lipinski definition) is 4. The first kappa shape index (κ1) is 14.8. The molecule has 1 rings (SSSR count). The van der Waals surface area contributed by atoms with Gasteiger partial charge in [-0.3, -0.25) is 10.6 Å². The minimum Gasteiger partial charge on any atom is -0.453 e. The van der Waals surface area contributed by atoms with Crippen molar-refractivity contribution in [1.29, 1.82) is 0 Å². The number of hydrogen-bond acceptors (Lipinski definition) is 6. The number of rotatable bonds is 3. The molecule has 0 aromatic heterocycles. The summed E-state index contributed by atoms with van der Waals surface area (Å²) < 4.78 is 8.82. The second-order valence-corrected chi connectivity index (χ2v) is 3.41. The van der Waals surface area contributed by atoms with Crippen molar-refractivity contribution in [3.8, 4) is 0 Å². The zero-order valence-electron chi connectivity index (χ0n) is 10.3. The van der Waals surface area contributed by atoms with Crippen molar-refractivity contribution in [2.75, 3.05) is 24.9 Å². The van der Waals surface area contributed by atoms with Crippen molar-refractivity contribution >= 4 is 36.1 Å². The fraction of sp³-hybridized carbons (Fsp3) is 0.200. The van der Waals surface area contributed by atoms with E-state index in [1.807, 2.05) is 0 Å². The van der Waals surface area contributed by atoms with Gasteiger partial charge < -0.3 is 19.5 Å². The Bertz CT molecular complexity index is 479. The molecule has 0 heterocycles. The van der Waals surface area contributed by atoms with Crippen molar-refractivity contribution in [3.63, 3.8) is 0 Å². The predicted molar refractivity (Wildman–Crippen MR) is 68.3 cm³/mol. The molecule has 0 atom stereocenters. The lowest BCUT2D eigenvalue weighted by Gasteiger charge is -2.12. The number of anilines is 2. The molecule has 0 spiro atoms. The second kappa shape index (κ2) is 6.62. The minimum absolute atomic E-state index is 0.0563. The Balaban J connectivity index is 3.03. The van der Waals surface area contributed by atoms with Gasteiger partial charge in [-0.25, -0.2) is 9.59 Å². The summed E-state index contributed by atoms with van der Waals surface area (Å²) in [5.41, 5.74) is 0.458. The first-order valence-corrected chi connectivity index (χ1v) is 5.18. The van der Waals surface area contributed by atoms with E-state index >= 15 is 0 Å². The quantitative estimate of drug-likeness (QED) is 0.560. The highest BCUT2D eigenvalue weighted by Gasteiger charge is 2.18. The van der Waals surface area contributed by atoms with Crippen LogP contribution in [0.2, 0.25) is 0 Å². The monoisotopic (exact) mass is 268 g/mol. The Morgan fingerprint density at radius 1 is 1.11 bits per heavy atom. The molecule has 8 nitrogen and oxygen atoms in total. The van der Waals surface area contributed by atoms with E-state index in [1.54, 1.807) is 0 Å². The predicted octanol–water partition coefficient (Wildman–Crippen LogP) is -0.277. The highest BCUT2D eigenvalue weighted by atomic mass is 16.5. The maximum absolute atomic E-state index is 11.1. The fourth-order valence-corrected chi connectivity index (χ4v) is 1.30. The molecule has 0 aliphatic rings. The molecule has 0 bridgehead atoms. The standard InChI is InChI=1S/C10H13BN2O6/c1-18-9(14)12-6-3-4-7(11(16)17)8(5-6)13-10(15)19-2/h3-5,16-17H,1-2H3,(H,12,14)(H,13,15). The van der Waals surface area contributed by atoms with E-state index in [1.165, 1.54) is 32.4 Å². The third kappa shape index (κ3) is 4.16. The molecule has 102 valence electrons. The van der Waals surface area contributed by atoms with Crippen molar-refractivity contribution in [3.05, 3.63) is 18.2 Å². The van der Waals surface area contributed by atoms with E-state index in [4.69, 9.17) is 10.0 Å². The van der Waals surface area contributed by atoms with Crippen molar-refractivity contribution in [2.24, 2.45) is 0 Å². The summed E-state index contributed by atoms with van der Waals surface area (Å²) in [6, 6.07) is 4.10. The maximum atomic E-state index is 11.1. The Morgan fingerprint density at radius 3 is 2.21 bits per heavy atom. The molecule has 1 aromatic carbocycles. The third-order valence-electron chi connectivity index (χ3n) is 2.19. The van der Waals surface area contributed by atoms with Crippen molar-refractivity contribution in [1.82, 2.24) is 0 Å². The van der Waals surface area contributed by atoms with Crippen LogP contribution in [-0.2, 0) is 9.47 Å². The Morgan fingerprint density at radius 2 is 1.68 bits per heavy atom. The van der Waals surface area contributed by atoms with Crippen LogP contribution in [0.25, 0.3) is 0 Å². The molecule has 1 aromatic rings. The fourth-order valence-electron chi connectivity index (χ4n) is 1.30. The molecule has 0 fully saturated rings. The lowest BCUT2D eigenvalue weighted by atomic mass is 9.79. The normalized spacial score (nSPS) is 9.47. The van der Waals surface area contributed by atoms with Crippen LogP contribution in [0.3, 0.4) is 0 Å². The summed E-state index contributed by atoms with van der Waals surface area (Å²) in [6.07, 6.45) is -1.47. The number of carbonyl (C=O) groups is 2. The molecule has 0 aliphatic heterocycles. The molecule has 4 N–H and O–H groups in total. The molecular formula is C10H13BN2O6. The van der Waals surface area contributed by atoms with E-state index in [0.717, 1.165) is 0 Å². The van der Waals surface area contributed by atoms with Crippen LogP contribution >= 0.6 is 0 Å². The number of ether oxygens (including phenoxy) is 2. The average molecular weight is 268 g/mol. The summed E-state index contributed by atoms with van der Waals surface area (Å²) in [6.45, 7) is 0. The van der Waals surface area contributed by atoms with Crippen LogP contribution in [0.5, 0.6) is 0 Å². The van der Waals surface area contributed by atoms with Crippen molar-refractivity contribution in [2.45, 2.75) is 0 Å². The van der Waals surface area contributed by atoms with Crippen LogP contribution in [0.4, 0.5) is 21.0 Å². The average Bonchev–Trinajstić information content (AvgIpc) is 2.38. The number of methoxy groups -OCH3 is 2. The van der Waals surface area contributed by atoms with Gasteiger partial charge in [0.2, 0.25) is 0 Å². The van der Waals surface area contributed by atoms with Crippen LogP contribution in [0, 0.1) is 0 Å². The maximum Gasteiger partial charge on any atom is 0.490 e. The van der Waals surface area contributed by atoms with Crippen LogP contribution in [0.15, 0.2) is 18.2 Å². The third-order valence-corrected chi connectivity index (χ3v) is 2.19. The smallest absolute Gasteiger partial charge is 0.453 e. The molecular weight excluding hydrogens is 255 g/mol. The number of benzene rings is 1. The summed E-state index contributed by atoms with van der Waals surface area (Å²) in [5.74, 6) is 0. The molecule has 0 saturated heterocycles. The number of carbonyl (C=O) groups excluding carboxylic acids is 2. The van der Waals surface area contributed by atoms with Gasteiger partial charge in [-0.15, -0.1) is 0 Å². The van der Waals surface area contributed by atoms with E-state index in [0.29, 0.717) is 5.69 Å². The molecule has 0 aliphatic carbocycles. The van der Waals surface area contributed by atoms with Gasteiger partial charge in [0.25, 0.3) is 0 Å².